The van der Waals surface area contributed by atoms with Gasteiger partial charge in [0, 0.05) is 5.92 Å². The van der Waals surface area contributed by atoms with E-state index in [1.165, 1.54) is 6.33 Å². The van der Waals surface area contributed by atoms with Crippen molar-refractivity contribution in [1.29, 1.82) is 0 Å². The molecular weight excluding hydrogens is 318 g/mol. The number of rotatable bonds is 5. The number of carbonyl (C=O) groups is 1. The molecule has 1 N–H and O–H groups in total. The lowest BCUT2D eigenvalue weighted by atomic mass is 10.1. The van der Waals surface area contributed by atoms with Crippen LogP contribution in [-0.2, 0) is 4.79 Å². The molecule has 1 aliphatic carbocycles. The Balaban J connectivity index is 1.41. The second kappa shape index (κ2) is 6.35. The number of amides is 1. The molecule has 25 heavy (non-hydrogen) atoms. The zero-order valence-corrected chi connectivity index (χ0v) is 13.7. The Morgan fingerprint density at radius 3 is 2.88 bits per heavy atom. The summed E-state index contributed by atoms with van der Waals surface area (Å²) in [4.78, 5) is 20.6. The van der Waals surface area contributed by atoms with Gasteiger partial charge in [0.2, 0.25) is 5.91 Å². The van der Waals surface area contributed by atoms with Crippen molar-refractivity contribution in [1.82, 2.24) is 19.7 Å². The van der Waals surface area contributed by atoms with Gasteiger partial charge in [-0.25, -0.2) is 14.6 Å². The van der Waals surface area contributed by atoms with Gasteiger partial charge >= 0.3 is 0 Å². The minimum absolute atomic E-state index is 0.00575. The van der Waals surface area contributed by atoms with E-state index in [4.69, 9.17) is 4.74 Å². The SMILES string of the molecule is COc1ccccc1[C@H]1C[C@H]1C(=O)Nc1ccc(-n2cncn2)nc1. The molecule has 1 saturated carbocycles. The molecule has 2 atom stereocenters. The first-order valence-corrected chi connectivity index (χ1v) is 8.01. The molecule has 0 saturated heterocycles. The molecule has 1 amide bonds. The van der Waals surface area contributed by atoms with E-state index in [-0.39, 0.29) is 17.7 Å². The highest BCUT2D eigenvalue weighted by Gasteiger charge is 2.45. The number of methoxy groups -OCH3 is 1. The Morgan fingerprint density at radius 2 is 2.16 bits per heavy atom. The number of carbonyl (C=O) groups excluding carboxylic acids is 1. The van der Waals surface area contributed by atoms with Crippen molar-refractivity contribution in [3.63, 3.8) is 0 Å². The third-order valence-corrected chi connectivity index (χ3v) is 4.33. The van der Waals surface area contributed by atoms with Crippen LogP contribution in [0.4, 0.5) is 5.69 Å². The van der Waals surface area contributed by atoms with Gasteiger partial charge in [-0.2, -0.15) is 5.10 Å². The van der Waals surface area contributed by atoms with E-state index in [0.29, 0.717) is 11.5 Å². The molecule has 0 radical (unpaired) electrons. The van der Waals surface area contributed by atoms with Crippen molar-refractivity contribution >= 4 is 11.6 Å². The Morgan fingerprint density at radius 1 is 1.28 bits per heavy atom. The van der Waals surface area contributed by atoms with Crippen LogP contribution in [0.2, 0.25) is 0 Å². The van der Waals surface area contributed by atoms with Gasteiger partial charge < -0.3 is 10.1 Å². The lowest BCUT2D eigenvalue weighted by Gasteiger charge is -2.08. The van der Waals surface area contributed by atoms with Gasteiger partial charge in [-0.1, -0.05) is 18.2 Å². The summed E-state index contributed by atoms with van der Waals surface area (Å²) in [5.41, 5.74) is 1.75. The van der Waals surface area contributed by atoms with Crippen LogP contribution >= 0.6 is 0 Å². The van der Waals surface area contributed by atoms with E-state index < -0.39 is 0 Å². The Hall–Kier alpha value is -3.22. The van der Waals surface area contributed by atoms with Crippen molar-refractivity contribution in [2.24, 2.45) is 5.92 Å². The van der Waals surface area contributed by atoms with E-state index in [2.05, 4.69) is 20.4 Å². The highest BCUT2D eigenvalue weighted by molar-refractivity contribution is 5.95. The average molecular weight is 335 g/mol. The quantitative estimate of drug-likeness (QED) is 0.774. The maximum Gasteiger partial charge on any atom is 0.228 e. The van der Waals surface area contributed by atoms with Gasteiger partial charge in [-0.15, -0.1) is 0 Å². The Labute approximate surface area is 144 Å². The van der Waals surface area contributed by atoms with Crippen LogP contribution in [0.1, 0.15) is 17.9 Å². The van der Waals surface area contributed by atoms with Gasteiger partial charge in [0.15, 0.2) is 5.82 Å². The number of benzene rings is 1. The normalized spacial score (nSPS) is 18.6. The second-order valence-electron chi connectivity index (χ2n) is 5.93. The van der Waals surface area contributed by atoms with Crippen LogP contribution in [0, 0.1) is 5.92 Å². The second-order valence-corrected chi connectivity index (χ2v) is 5.93. The first-order valence-electron chi connectivity index (χ1n) is 8.01. The van der Waals surface area contributed by atoms with Crippen molar-refractivity contribution in [3.8, 4) is 11.6 Å². The number of hydrogen-bond acceptors (Lipinski definition) is 5. The number of anilines is 1. The molecule has 0 spiro atoms. The van der Waals surface area contributed by atoms with E-state index >= 15 is 0 Å². The summed E-state index contributed by atoms with van der Waals surface area (Å²) in [5, 5.41) is 6.95. The van der Waals surface area contributed by atoms with Crippen LogP contribution in [-0.4, -0.2) is 32.8 Å². The van der Waals surface area contributed by atoms with E-state index in [9.17, 15) is 4.79 Å². The molecule has 0 unspecified atom stereocenters. The zero-order valence-electron chi connectivity index (χ0n) is 13.7. The summed E-state index contributed by atoms with van der Waals surface area (Å²) < 4.78 is 6.95. The molecule has 2 heterocycles. The lowest BCUT2D eigenvalue weighted by molar-refractivity contribution is -0.117. The number of nitrogens with zero attached hydrogens (tertiary/aromatic N) is 4. The Bertz CT molecular complexity index is 877. The number of pyridine rings is 1. The fraction of sp³-hybridized carbons (Fsp3) is 0.222. The van der Waals surface area contributed by atoms with Crippen LogP contribution < -0.4 is 10.1 Å². The highest BCUT2D eigenvalue weighted by atomic mass is 16.5. The summed E-state index contributed by atoms with van der Waals surface area (Å²) in [6, 6.07) is 11.4. The third kappa shape index (κ3) is 3.08. The smallest absolute Gasteiger partial charge is 0.228 e. The summed E-state index contributed by atoms with van der Waals surface area (Å²) in [5.74, 6) is 1.66. The molecule has 7 heteroatoms. The largest absolute Gasteiger partial charge is 0.496 e. The molecule has 1 aliphatic rings. The fourth-order valence-corrected chi connectivity index (χ4v) is 2.96. The molecule has 1 aromatic carbocycles. The van der Waals surface area contributed by atoms with Crippen LogP contribution in [0.3, 0.4) is 0 Å². The van der Waals surface area contributed by atoms with E-state index in [1.807, 2.05) is 30.3 Å². The van der Waals surface area contributed by atoms with Crippen molar-refractivity contribution in [3.05, 3.63) is 60.8 Å². The predicted octanol–water partition coefficient (Wildman–Crippen LogP) is 2.41. The molecule has 3 aromatic rings. The van der Waals surface area contributed by atoms with Gasteiger partial charge in [-0.3, -0.25) is 4.79 Å². The van der Waals surface area contributed by atoms with E-state index in [1.54, 1.807) is 30.4 Å². The van der Waals surface area contributed by atoms with Gasteiger partial charge in [0.1, 0.15) is 18.4 Å². The molecule has 0 bridgehead atoms. The minimum Gasteiger partial charge on any atom is -0.496 e. The summed E-state index contributed by atoms with van der Waals surface area (Å²) in [7, 11) is 1.65. The molecule has 2 aromatic heterocycles. The van der Waals surface area contributed by atoms with Gasteiger partial charge in [0.05, 0.1) is 19.0 Å². The number of nitrogens with one attached hydrogen (secondary N) is 1. The van der Waals surface area contributed by atoms with E-state index in [0.717, 1.165) is 17.7 Å². The zero-order chi connectivity index (χ0) is 17.2. The average Bonchev–Trinajstić information content (AvgIpc) is 3.27. The molecule has 0 aliphatic heterocycles. The summed E-state index contributed by atoms with van der Waals surface area (Å²) in [6.45, 7) is 0. The van der Waals surface area contributed by atoms with Crippen LogP contribution in [0.5, 0.6) is 5.75 Å². The molecule has 4 rings (SSSR count). The topological polar surface area (TPSA) is 81.9 Å². The maximum absolute atomic E-state index is 12.5. The number of hydrogen-bond donors (Lipinski definition) is 1. The highest BCUT2D eigenvalue weighted by Crippen LogP contribution is 2.50. The number of aromatic nitrogens is 4. The van der Waals surface area contributed by atoms with Crippen molar-refractivity contribution in [2.45, 2.75) is 12.3 Å². The van der Waals surface area contributed by atoms with Crippen molar-refractivity contribution < 1.29 is 9.53 Å². The minimum atomic E-state index is -0.0358. The summed E-state index contributed by atoms with van der Waals surface area (Å²) >= 11 is 0. The monoisotopic (exact) mass is 335 g/mol. The predicted molar refractivity (Wildman–Crippen MR) is 91.6 cm³/mol. The molecule has 126 valence electrons. The first kappa shape index (κ1) is 15.3. The molecule has 1 fully saturated rings. The van der Waals surface area contributed by atoms with Gasteiger partial charge in [-0.05, 0) is 36.1 Å². The maximum atomic E-state index is 12.5. The van der Waals surface area contributed by atoms with Crippen molar-refractivity contribution in [2.75, 3.05) is 12.4 Å². The summed E-state index contributed by atoms with van der Waals surface area (Å²) in [6.07, 6.45) is 5.47. The third-order valence-electron chi connectivity index (χ3n) is 4.33. The van der Waals surface area contributed by atoms with Crippen LogP contribution in [0.25, 0.3) is 5.82 Å². The number of ether oxygens (including phenoxy) is 1. The molecular formula is C18H17N5O2. The van der Waals surface area contributed by atoms with Crippen LogP contribution in [0.15, 0.2) is 55.2 Å². The number of para-hydroxylation sites is 1. The Kier molecular flexibility index (Phi) is 3.89. The fourth-order valence-electron chi connectivity index (χ4n) is 2.96. The molecule has 7 nitrogen and oxygen atoms in total. The first-order chi connectivity index (χ1) is 12.3. The standard InChI is InChI=1S/C18H17N5O2/c1-25-16-5-3-2-4-13(16)14-8-15(14)18(24)22-12-6-7-17(20-9-12)23-11-19-10-21-23/h2-7,9-11,14-15H,8H2,1H3,(H,22,24)/t14-,15-/m1/s1. The van der Waals surface area contributed by atoms with Gasteiger partial charge in [0.25, 0.3) is 0 Å². The lowest BCUT2D eigenvalue weighted by Crippen LogP contribution is -2.15.